The van der Waals surface area contributed by atoms with Gasteiger partial charge in [-0.05, 0) is 30.3 Å². The predicted octanol–water partition coefficient (Wildman–Crippen LogP) is 4.04. The Hall–Kier alpha value is -4.44. The molecule has 0 saturated carbocycles. The van der Waals surface area contributed by atoms with E-state index in [0.29, 0.717) is 59.1 Å². The number of H-pyrrole nitrogens is 1. The highest BCUT2D eigenvalue weighted by atomic mass is 16.5. The molecule has 0 bridgehead atoms. The van der Waals surface area contributed by atoms with Crippen LogP contribution in [-0.4, -0.2) is 46.2 Å². The molecule has 0 atom stereocenters. The standard InChI is InChI=1S/C23H22N6O4/c1-3-19(30)26-15-5-4-6-17(13-15)33-22-18-9-10-24-21(18)28-23(29-22)27-16-7-8-20(25-14-16)32-12-11-31-2/h3-10,13-14H,1,11-12H2,2H3,(H,26,30)(H2,24,27,28,29). The van der Waals surface area contributed by atoms with Crippen LogP contribution in [0, 0.1) is 0 Å². The van der Waals surface area contributed by atoms with Crippen molar-refractivity contribution in [2.24, 2.45) is 0 Å². The molecule has 0 spiro atoms. The van der Waals surface area contributed by atoms with E-state index in [9.17, 15) is 4.79 Å². The number of hydrogen-bond donors (Lipinski definition) is 3. The van der Waals surface area contributed by atoms with Crippen molar-refractivity contribution in [1.82, 2.24) is 19.9 Å². The zero-order valence-electron chi connectivity index (χ0n) is 17.9. The highest BCUT2D eigenvalue weighted by Crippen LogP contribution is 2.30. The van der Waals surface area contributed by atoms with Gasteiger partial charge in [0.2, 0.25) is 23.6 Å². The van der Waals surface area contributed by atoms with Crippen LogP contribution < -0.4 is 20.1 Å². The lowest BCUT2D eigenvalue weighted by molar-refractivity contribution is -0.111. The fourth-order valence-electron chi connectivity index (χ4n) is 2.89. The van der Waals surface area contributed by atoms with Gasteiger partial charge in [-0.2, -0.15) is 9.97 Å². The SMILES string of the molecule is C=CC(=O)Nc1cccc(Oc2nc(Nc3ccc(OCCOC)nc3)nc3[nH]ccc23)c1. The van der Waals surface area contributed by atoms with Gasteiger partial charge in [0.1, 0.15) is 18.0 Å². The van der Waals surface area contributed by atoms with Gasteiger partial charge in [-0.25, -0.2) is 4.98 Å². The molecule has 0 aliphatic heterocycles. The first kappa shape index (κ1) is 21.8. The Labute approximate surface area is 189 Å². The number of aromatic nitrogens is 4. The molecule has 0 saturated heterocycles. The summed E-state index contributed by atoms with van der Waals surface area (Å²) in [5, 5.41) is 6.53. The van der Waals surface area contributed by atoms with E-state index in [4.69, 9.17) is 14.2 Å². The molecule has 3 N–H and O–H groups in total. The van der Waals surface area contributed by atoms with Crippen molar-refractivity contribution in [2.45, 2.75) is 0 Å². The number of pyridine rings is 1. The van der Waals surface area contributed by atoms with Crippen molar-refractivity contribution in [1.29, 1.82) is 0 Å². The van der Waals surface area contributed by atoms with Crippen molar-refractivity contribution in [3.63, 3.8) is 0 Å². The molecule has 3 heterocycles. The smallest absolute Gasteiger partial charge is 0.247 e. The third-order valence-corrected chi connectivity index (χ3v) is 4.41. The van der Waals surface area contributed by atoms with E-state index in [0.717, 1.165) is 0 Å². The van der Waals surface area contributed by atoms with Crippen LogP contribution in [0.1, 0.15) is 0 Å². The maximum absolute atomic E-state index is 11.6. The molecular weight excluding hydrogens is 424 g/mol. The number of carbonyl (C=O) groups is 1. The average Bonchev–Trinajstić information content (AvgIpc) is 3.30. The number of rotatable bonds is 10. The minimum Gasteiger partial charge on any atom is -0.475 e. The fraction of sp³-hybridized carbons (Fsp3) is 0.130. The lowest BCUT2D eigenvalue weighted by Gasteiger charge is -2.11. The normalized spacial score (nSPS) is 10.6. The molecule has 1 amide bonds. The second kappa shape index (κ2) is 10.2. The lowest BCUT2D eigenvalue weighted by Crippen LogP contribution is -2.07. The molecular formula is C23H22N6O4. The summed E-state index contributed by atoms with van der Waals surface area (Å²) in [6, 6.07) is 12.4. The van der Waals surface area contributed by atoms with E-state index in [1.807, 2.05) is 12.1 Å². The highest BCUT2D eigenvalue weighted by molar-refractivity contribution is 5.99. The van der Waals surface area contributed by atoms with Crippen molar-refractivity contribution < 1.29 is 19.0 Å². The van der Waals surface area contributed by atoms with Crippen LogP contribution in [0.4, 0.5) is 17.3 Å². The summed E-state index contributed by atoms with van der Waals surface area (Å²) in [5.74, 6) is 1.36. The van der Waals surface area contributed by atoms with Gasteiger partial charge < -0.3 is 29.8 Å². The molecule has 0 radical (unpaired) electrons. The first-order chi connectivity index (χ1) is 16.1. The van der Waals surface area contributed by atoms with Crippen LogP contribution in [0.3, 0.4) is 0 Å². The number of nitrogens with zero attached hydrogens (tertiary/aromatic N) is 3. The molecule has 10 heteroatoms. The molecule has 168 valence electrons. The van der Waals surface area contributed by atoms with Crippen LogP contribution in [0.5, 0.6) is 17.5 Å². The summed E-state index contributed by atoms with van der Waals surface area (Å²) in [5.41, 5.74) is 1.86. The van der Waals surface area contributed by atoms with E-state index in [-0.39, 0.29) is 5.91 Å². The Morgan fingerprint density at radius 1 is 1.15 bits per heavy atom. The minimum absolute atomic E-state index is 0.308. The van der Waals surface area contributed by atoms with Crippen LogP contribution in [-0.2, 0) is 9.53 Å². The summed E-state index contributed by atoms with van der Waals surface area (Å²) in [7, 11) is 1.61. The molecule has 3 aromatic heterocycles. The quantitative estimate of drug-likeness (QED) is 0.246. The summed E-state index contributed by atoms with van der Waals surface area (Å²) in [6.07, 6.45) is 4.58. The number of benzene rings is 1. The van der Waals surface area contributed by atoms with E-state index < -0.39 is 0 Å². The molecule has 0 fully saturated rings. The second-order valence-electron chi connectivity index (χ2n) is 6.77. The first-order valence-electron chi connectivity index (χ1n) is 10.1. The second-order valence-corrected chi connectivity index (χ2v) is 6.77. The van der Waals surface area contributed by atoms with Crippen LogP contribution in [0.25, 0.3) is 11.0 Å². The number of anilines is 3. The van der Waals surface area contributed by atoms with Gasteiger partial charge in [0.05, 0.1) is 23.9 Å². The van der Waals surface area contributed by atoms with Gasteiger partial charge in [-0.15, -0.1) is 0 Å². The van der Waals surface area contributed by atoms with Gasteiger partial charge in [-0.3, -0.25) is 4.79 Å². The number of nitrogens with one attached hydrogen (secondary N) is 3. The summed E-state index contributed by atoms with van der Waals surface area (Å²) >= 11 is 0. The summed E-state index contributed by atoms with van der Waals surface area (Å²) in [4.78, 5) is 27.9. The van der Waals surface area contributed by atoms with Crippen molar-refractivity contribution in [3.8, 4) is 17.5 Å². The Bertz CT molecular complexity index is 1260. The highest BCUT2D eigenvalue weighted by Gasteiger charge is 2.12. The molecule has 4 rings (SSSR count). The van der Waals surface area contributed by atoms with E-state index in [2.05, 4.69) is 37.1 Å². The molecule has 0 aliphatic rings. The molecule has 1 aromatic carbocycles. The fourth-order valence-corrected chi connectivity index (χ4v) is 2.89. The Morgan fingerprint density at radius 3 is 2.85 bits per heavy atom. The minimum atomic E-state index is -0.308. The van der Waals surface area contributed by atoms with Crippen LogP contribution in [0.15, 0.2) is 67.5 Å². The monoisotopic (exact) mass is 446 g/mol. The van der Waals surface area contributed by atoms with Gasteiger partial charge in [0.15, 0.2) is 0 Å². The van der Waals surface area contributed by atoms with Gasteiger partial charge in [-0.1, -0.05) is 12.6 Å². The zero-order valence-corrected chi connectivity index (χ0v) is 17.9. The lowest BCUT2D eigenvalue weighted by atomic mass is 10.3. The summed E-state index contributed by atoms with van der Waals surface area (Å²) < 4.78 is 16.5. The maximum Gasteiger partial charge on any atom is 0.247 e. The van der Waals surface area contributed by atoms with Crippen LogP contribution in [0.2, 0.25) is 0 Å². The third-order valence-electron chi connectivity index (χ3n) is 4.41. The predicted molar refractivity (Wildman–Crippen MR) is 124 cm³/mol. The summed E-state index contributed by atoms with van der Waals surface area (Å²) in [6.45, 7) is 4.36. The average molecular weight is 446 g/mol. The molecule has 0 unspecified atom stereocenters. The van der Waals surface area contributed by atoms with E-state index >= 15 is 0 Å². The molecule has 4 aromatic rings. The molecule has 33 heavy (non-hydrogen) atoms. The molecule has 10 nitrogen and oxygen atoms in total. The van der Waals surface area contributed by atoms with E-state index in [1.54, 1.807) is 49.8 Å². The van der Waals surface area contributed by atoms with Gasteiger partial charge in [0.25, 0.3) is 0 Å². The Balaban J connectivity index is 1.53. The Kier molecular flexibility index (Phi) is 6.76. The number of carbonyl (C=O) groups excluding carboxylic acids is 1. The number of aromatic amines is 1. The largest absolute Gasteiger partial charge is 0.475 e. The number of hydrogen-bond acceptors (Lipinski definition) is 8. The number of ether oxygens (including phenoxy) is 3. The number of methoxy groups -OCH3 is 1. The van der Waals surface area contributed by atoms with Crippen molar-refractivity contribution in [2.75, 3.05) is 31.0 Å². The van der Waals surface area contributed by atoms with E-state index in [1.165, 1.54) is 6.08 Å². The number of fused-ring (bicyclic) bond motifs is 1. The van der Waals surface area contributed by atoms with Crippen LogP contribution >= 0.6 is 0 Å². The van der Waals surface area contributed by atoms with Gasteiger partial charge >= 0.3 is 0 Å². The zero-order chi connectivity index (χ0) is 23.0. The third kappa shape index (κ3) is 5.63. The first-order valence-corrected chi connectivity index (χ1v) is 10.1. The van der Waals surface area contributed by atoms with Gasteiger partial charge in [0, 0.05) is 31.1 Å². The Morgan fingerprint density at radius 2 is 2.06 bits per heavy atom. The number of amides is 1. The maximum atomic E-state index is 11.6. The van der Waals surface area contributed by atoms with Crippen molar-refractivity contribution in [3.05, 3.63) is 67.5 Å². The topological polar surface area (TPSA) is 123 Å². The van der Waals surface area contributed by atoms with Crippen molar-refractivity contribution >= 4 is 34.3 Å². The molecule has 0 aliphatic carbocycles.